The third-order valence-electron chi connectivity index (χ3n) is 4.21. The van der Waals surface area contributed by atoms with Crippen LogP contribution in [0.3, 0.4) is 0 Å². The molecule has 2 unspecified atom stereocenters. The van der Waals surface area contributed by atoms with Crippen LogP contribution in [0, 0.1) is 5.92 Å². The zero-order valence-corrected chi connectivity index (χ0v) is 12.4. The van der Waals surface area contributed by atoms with Crippen molar-refractivity contribution < 1.29 is 14.7 Å². The topological polar surface area (TPSA) is 98.3 Å². The Kier molecular flexibility index (Phi) is 4.82. The number of aliphatic carboxylic acids is 1. The predicted molar refractivity (Wildman–Crippen MR) is 76.8 cm³/mol. The highest BCUT2D eigenvalue weighted by Crippen LogP contribution is 2.22. The summed E-state index contributed by atoms with van der Waals surface area (Å²) in [5.41, 5.74) is 0.683. The van der Waals surface area contributed by atoms with E-state index in [1.807, 2.05) is 6.92 Å². The quantitative estimate of drug-likeness (QED) is 0.778. The number of piperidine rings is 1. The Labute approximate surface area is 123 Å². The SMILES string of the molecule is CC1CCCN(C(=O)N[C@H](Cc2cnc[nH]2)C(=O)O)C1C. The maximum atomic E-state index is 12.3. The first kappa shape index (κ1) is 15.3. The Balaban J connectivity index is 1.99. The molecule has 1 aliphatic rings. The molecule has 0 aromatic carbocycles. The van der Waals surface area contributed by atoms with Gasteiger partial charge >= 0.3 is 12.0 Å². The Morgan fingerprint density at radius 1 is 1.57 bits per heavy atom. The number of aromatic nitrogens is 2. The van der Waals surface area contributed by atoms with E-state index in [0.29, 0.717) is 18.2 Å². The fourth-order valence-electron chi connectivity index (χ4n) is 2.67. The van der Waals surface area contributed by atoms with Crippen LogP contribution in [0.2, 0.25) is 0 Å². The van der Waals surface area contributed by atoms with E-state index < -0.39 is 12.0 Å². The van der Waals surface area contributed by atoms with E-state index in [1.165, 1.54) is 6.33 Å². The van der Waals surface area contributed by atoms with Gasteiger partial charge in [-0.1, -0.05) is 6.92 Å². The van der Waals surface area contributed by atoms with Gasteiger partial charge in [-0.25, -0.2) is 14.6 Å². The Hall–Kier alpha value is -2.05. The average molecular weight is 294 g/mol. The highest BCUT2D eigenvalue weighted by Gasteiger charge is 2.31. The molecule has 7 heteroatoms. The molecule has 2 amide bonds. The van der Waals surface area contributed by atoms with E-state index in [2.05, 4.69) is 22.2 Å². The number of carbonyl (C=O) groups is 2. The molecule has 2 heterocycles. The molecule has 3 atom stereocenters. The summed E-state index contributed by atoms with van der Waals surface area (Å²) < 4.78 is 0. The third-order valence-corrected chi connectivity index (χ3v) is 4.21. The van der Waals surface area contributed by atoms with Gasteiger partial charge in [0, 0.05) is 30.9 Å². The number of H-pyrrole nitrogens is 1. The number of carbonyl (C=O) groups excluding carboxylic acids is 1. The van der Waals surface area contributed by atoms with Crippen molar-refractivity contribution >= 4 is 12.0 Å². The first-order chi connectivity index (χ1) is 9.99. The number of amides is 2. The van der Waals surface area contributed by atoms with Gasteiger partial charge in [0.2, 0.25) is 0 Å². The zero-order chi connectivity index (χ0) is 15.4. The van der Waals surface area contributed by atoms with E-state index >= 15 is 0 Å². The molecule has 1 saturated heterocycles. The number of likely N-dealkylation sites (tertiary alicyclic amines) is 1. The smallest absolute Gasteiger partial charge is 0.326 e. The molecule has 3 N–H and O–H groups in total. The molecule has 1 aliphatic heterocycles. The summed E-state index contributed by atoms with van der Waals surface area (Å²) in [6, 6.07) is -1.14. The van der Waals surface area contributed by atoms with Gasteiger partial charge in [0.1, 0.15) is 6.04 Å². The Morgan fingerprint density at radius 3 is 2.95 bits per heavy atom. The molecule has 21 heavy (non-hydrogen) atoms. The molecule has 1 fully saturated rings. The molecule has 7 nitrogen and oxygen atoms in total. The summed E-state index contributed by atoms with van der Waals surface area (Å²) in [6.45, 7) is 4.80. The summed E-state index contributed by atoms with van der Waals surface area (Å²) in [7, 11) is 0. The lowest BCUT2D eigenvalue weighted by Gasteiger charge is -2.38. The summed E-state index contributed by atoms with van der Waals surface area (Å²) in [4.78, 5) is 32.1. The molecule has 1 aromatic heterocycles. The highest BCUT2D eigenvalue weighted by atomic mass is 16.4. The lowest BCUT2D eigenvalue weighted by atomic mass is 9.92. The minimum absolute atomic E-state index is 0.125. The van der Waals surface area contributed by atoms with Gasteiger partial charge in [0.15, 0.2) is 0 Å². The average Bonchev–Trinajstić information content (AvgIpc) is 2.93. The van der Waals surface area contributed by atoms with Gasteiger partial charge in [0.05, 0.1) is 6.33 Å². The van der Waals surface area contributed by atoms with E-state index in [9.17, 15) is 14.7 Å². The number of hydrogen-bond acceptors (Lipinski definition) is 3. The summed E-state index contributed by atoms with van der Waals surface area (Å²) >= 11 is 0. The zero-order valence-electron chi connectivity index (χ0n) is 12.4. The summed E-state index contributed by atoms with van der Waals surface area (Å²) in [5.74, 6) is -0.615. The maximum absolute atomic E-state index is 12.3. The molecular weight excluding hydrogens is 272 g/mol. The number of hydrogen-bond donors (Lipinski definition) is 3. The van der Waals surface area contributed by atoms with Crippen LogP contribution < -0.4 is 5.32 Å². The second-order valence-electron chi connectivity index (χ2n) is 5.67. The number of nitrogens with zero attached hydrogens (tertiary/aromatic N) is 2. The highest BCUT2D eigenvalue weighted by molar-refractivity contribution is 5.83. The van der Waals surface area contributed by atoms with E-state index in [0.717, 1.165) is 12.8 Å². The second-order valence-corrected chi connectivity index (χ2v) is 5.67. The fraction of sp³-hybridized carbons (Fsp3) is 0.643. The first-order valence-electron chi connectivity index (χ1n) is 7.26. The monoisotopic (exact) mass is 294 g/mol. The molecular formula is C14H22N4O3. The van der Waals surface area contributed by atoms with Gasteiger partial charge in [-0.3, -0.25) is 0 Å². The molecule has 0 aliphatic carbocycles. The van der Waals surface area contributed by atoms with E-state index in [1.54, 1.807) is 11.1 Å². The Morgan fingerprint density at radius 2 is 2.33 bits per heavy atom. The molecule has 0 bridgehead atoms. The van der Waals surface area contributed by atoms with Crippen molar-refractivity contribution in [3.05, 3.63) is 18.2 Å². The summed E-state index contributed by atoms with van der Waals surface area (Å²) in [5, 5.41) is 11.9. The van der Waals surface area contributed by atoms with Gasteiger partial charge < -0.3 is 20.3 Å². The largest absolute Gasteiger partial charge is 0.480 e. The maximum Gasteiger partial charge on any atom is 0.326 e. The van der Waals surface area contributed by atoms with Crippen molar-refractivity contribution in [2.24, 2.45) is 5.92 Å². The minimum atomic E-state index is -1.05. The van der Waals surface area contributed by atoms with Gasteiger partial charge in [-0.05, 0) is 25.7 Å². The fourth-order valence-corrected chi connectivity index (χ4v) is 2.67. The number of imidazole rings is 1. The molecule has 116 valence electrons. The molecule has 0 spiro atoms. The van der Waals surface area contributed by atoms with Crippen LogP contribution in [0.4, 0.5) is 4.79 Å². The Bertz CT molecular complexity index is 488. The van der Waals surface area contributed by atoms with Crippen molar-refractivity contribution in [2.45, 2.75) is 45.2 Å². The first-order valence-corrected chi connectivity index (χ1v) is 7.26. The van der Waals surface area contributed by atoms with Crippen molar-refractivity contribution in [2.75, 3.05) is 6.54 Å². The lowest BCUT2D eigenvalue weighted by molar-refractivity contribution is -0.139. The van der Waals surface area contributed by atoms with Crippen LogP contribution in [0.15, 0.2) is 12.5 Å². The number of urea groups is 1. The normalized spacial score (nSPS) is 23.6. The van der Waals surface area contributed by atoms with Crippen LogP contribution in [0.5, 0.6) is 0 Å². The third kappa shape index (κ3) is 3.74. The van der Waals surface area contributed by atoms with Crippen molar-refractivity contribution in [3.63, 3.8) is 0 Å². The van der Waals surface area contributed by atoms with Crippen LogP contribution in [0.25, 0.3) is 0 Å². The summed E-state index contributed by atoms with van der Waals surface area (Å²) in [6.07, 6.45) is 5.30. The van der Waals surface area contributed by atoms with Crippen LogP contribution >= 0.6 is 0 Å². The van der Waals surface area contributed by atoms with Gasteiger partial charge in [-0.15, -0.1) is 0 Å². The van der Waals surface area contributed by atoms with Crippen molar-refractivity contribution in [3.8, 4) is 0 Å². The number of nitrogens with one attached hydrogen (secondary N) is 2. The minimum Gasteiger partial charge on any atom is -0.480 e. The van der Waals surface area contributed by atoms with Gasteiger partial charge in [-0.2, -0.15) is 0 Å². The predicted octanol–water partition coefficient (Wildman–Crippen LogP) is 1.24. The number of carboxylic acids is 1. The number of rotatable bonds is 4. The van der Waals surface area contributed by atoms with Crippen LogP contribution in [-0.4, -0.2) is 50.6 Å². The molecule has 0 saturated carbocycles. The molecule has 0 radical (unpaired) electrons. The van der Waals surface area contributed by atoms with Crippen LogP contribution in [-0.2, 0) is 11.2 Å². The van der Waals surface area contributed by atoms with Crippen LogP contribution in [0.1, 0.15) is 32.4 Å². The number of carboxylic acid groups (broad SMARTS) is 1. The second kappa shape index (κ2) is 6.60. The van der Waals surface area contributed by atoms with E-state index in [-0.39, 0.29) is 18.5 Å². The van der Waals surface area contributed by atoms with Crippen molar-refractivity contribution in [1.82, 2.24) is 20.2 Å². The van der Waals surface area contributed by atoms with Gasteiger partial charge in [0.25, 0.3) is 0 Å². The molecule has 2 rings (SSSR count). The van der Waals surface area contributed by atoms with Crippen molar-refractivity contribution in [1.29, 1.82) is 0 Å². The standard InChI is InChI=1S/C14H22N4O3/c1-9-4-3-5-18(10(9)2)14(21)17-12(13(19)20)6-11-7-15-8-16-11/h7-10,12H,3-6H2,1-2H3,(H,15,16)(H,17,21)(H,19,20)/t9?,10?,12-/m1/s1. The number of aromatic amines is 1. The van der Waals surface area contributed by atoms with E-state index in [4.69, 9.17) is 0 Å². The molecule has 1 aromatic rings. The lowest BCUT2D eigenvalue weighted by Crippen LogP contribution is -2.54.